The number of hydrogen-bond acceptors (Lipinski definition) is 0. The van der Waals surface area contributed by atoms with Gasteiger partial charge in [-0.25, -0.2) is 0 Å². The van der Waals surface area contributed by atoms with Crippen molar-refractivity contribution in [3.63, 3.8) is 0 Å². The van der Waals surface area contributed by atoms with Crippen molar-refractivity contribution in [2.75, 3.05) is 0 Å². The Morgan fingerprint density at radius 3 is 2.23 bits per heavy atom. The summed E-state index contributed by atoms with van der Waals surface area (Å²) in [5, 5.41) is 0. The molecule has 1 heteroatoms. The first kappa shape index (κ1) is 8.05. The Balaban J connectivity index is 1.99. The Kier molecular flexibility index (Phi) is 1.61. The van der Waals surface area contributed by atoms with Crippen molar-refractivity contribution < 1.29 is 0 Å². The van der Waals surface area contributed by atoms with E-state index in [0.29, 0.717) is 5.41 Å². The number of rotatable bonds is 2. The Labute approximate surface area is 87.5 Å². The standard InChI is InChI=1S/C12H13Br/c13-11-8-12(11,10-6-7-10)9-4-2-1-3-5-9/h1-5,10-11H,6-8H2. The van der Waals surface area contributed by atoms with Crippen LogP contribution in [-0.4, -0.2) is 4.83 Å². The highest BCUT2D eigenvalue weighted by atomic mass is 79.9. The lowest BCUT2D eigenvalue weighted by atomic mass is 9.91. The molecule has 13 heavy (non-hydrogen) atoms. The second kappa shape index (κ2) is 2.60. The topological polar surface area (TPSA) is 0 Å². The molecule has 0 bridgehead atoms. The molecule has 0 aliphatic heterocycles. The van der Waals surface area contributed by atoms with Gasteiger partial charge in [-0.2, -0.15) is 0 Å². The van der Waals surface area contributed by atoms with Crippen molar-refractivity contribution in [3.05, 3.63) is 35.9 Å². The minimum atomic E-state index is 0.529. The van der Waals surface area contributed by atoms with E-state index in [9.17, 15) is 0 Å². The summed E-state index contributed by atoms with van der Waals surface area (Å²) in [6.45, 7) is 0. The normalized spacial score (nSPS) is 37.5. The molecule has 2 fully saturated rings. The van der Waals surface area contributed by atoms with Crippen LogP contribution in [0, 0.1) is 5.92 Å². The summed E-state index contributed by atoms with van der Waals surface area (Å²) in [4.78, 5) is 0.745. The predicted octanol–water partition coefficient (Wildman–Crippen LogP) is 3.50. The van der Waals surface area contributed by atoms with Gasteiger partial charge in [0.1, 0.15) is 0 Å². The molecule has 0 saturated heterocycles. The quantitative estimate of drug-likeness (QED) is 0.690. The van der Waals surface area contributed by atoms with E-state index < -0.39 is 0 Å². The molecule has 3 rings (SSSR count). The van der Waals surface area contributed by atoms with Crippen LogP contribution in [0.4, 0.5) is 0 Å². The summed E-state index contributed by atoms with van der Waals surface area (Å²) >= 11 is 3.78. The molecule has 0 amide bonds. The average Bonchev–Trinajstić information content (AvgIpc) is 3.00. The van der Waals surface area contributed by atoms with Crippen molar-refractivity contribution in [3.8, 4) is 0 Å². The molecular formula is C12H13Br. The summed E-state index contributed by atoms with van der Waals surface area (Å²) in [6.07, 6.45) is 4.23. The second-order valence-electron chi connectivity index (χ2n) is 4.35. The SMILES string of the molecule is BrC1CC1(c1ccccc1)C1CC1. The van der Waals surface area contributed by atoms with Gasteiger partial charge < -0.3 is 0 Å². The smallest absolute Gasteiger partial charge is 0.0254 e. The summed E-state index contributed by atoms with van der Waals surface area (Å²) in [6, 6.07) is 11.0. The van der Waals surface area contributed by atoms with Gasteiger partial charge in [0.15, 0.2) is 0 Å². The largest absolute Gasteiger partial charge is 0.0881 e. The maximum atomic E-state index is 3.78. The van der Waals surface area contributed by atoms with Crippen LogP contribution in [0.3, 0.4) is 0 Å². The summed E-state index contributed by atoms with van der Waals surface area (Å²) in [7, 11) is 0. The van der Waals surface area contributed by atoms with Gasteiger partial charge in [0.25, 0.3) is 0 Å². The Hall–Kier alpha value is -0.300. The zero-order chi connectivity index (χ0) is 8.89. The maximum absolute atomic E-state index is 3.78. The van der Waals surface area contributed by atoms with Crippen molar-refractivity contribution in [2.45, 2.75) is 29.5 Å². The van der Waals surface area contributed by atoms with Crippen molar-refractivity contribution in [1.29, 1.82) is 0 Å². The average molecular weight is 237 g/mol. The molecule has 0 heterocycles. The molecule has 2 saturated carbocycles. The Morgan fingerprint density at radius 1 is 1.15 bits per heavy atom. The molecule has 2 aliphatic rings. The number of benzene rings is 1. The van der Waals surface area contributed by atoms with E-state index in [2.05, 4.69) is 46.3 Å². The van der Waals surface area contributed by atoms with E-state index in [0.717, 1.165) is 10.7 Å². The molecule has 1 aromatic carbocycles. The highest BCUT2D eigenvalue weighted by molar-refractivity contribution is 9.09. The summed E-state index contributed by atoms with van der Waals surface area (Å²) < 4.78 is 0. The van der Waals surface area contributed by atoms with Gasteiger partial charge in [0.2, 0.25) is 0 Å². The van der Waals surface area contributed by atoms with Gasteiger partial charge in [-0.1, -0.05) is 46.3 Å². The third-order valence-electron chi connectivity index (χ3n) is 3.53. The van der Waals surface area contributed by atoms with E-state index >= 15 is 0 Å². The maximum Gasteiger partial charge on any atom is 0.0254 e. The Morgan fingerprint density at radius 2 is 1.77 bits per heavy atom. The van der Waals surface area contributed by atoms with Crippen LogP contribution < -0.4 is 0 Å². The van der Waals surface area contributed by atoms with Gasteiger partial charge in [-0.15, -0.1) is 0 Å². The van der Waals surface area contributed by atoms with E-state index in [1.54, 1.807) is 5.56 Å². The van der Waals surface area contributed by atoms with E-state index in [-0.39, 0.29) is 0 Å². The van der Waals surface area contributed by atoms with Gasteiger partial charge in [0, 0.05) is 10.2 Å². The van der Waals surface area contributed by atoms with Crippen LogP contribution in [0.5, 0.6) is 0 Å². The molecule has 0 spiro atoms. The molecule has 2 atom stereocenters. The monoisotopic (exact) mass is 236 g/mol. The van der Waals surface area contributed by atoms with Crippen LogP contribution in [0.2, 0.25) is 0 Å². The van der Waals surface area contributed by atoms with Crippen LogP contribution in [0.1, 0.15) is 24.8 Å². The van der Waals surface area contributed by atoms with E-state index in [4.69, 9.17) is 0 Å². The third kappa shape index (κ3) is 1.10. The summed E-state index contributed by atoms with van der Waals surface area (Å²) in [5.41, 5.74) is 2.08. The molecule has 0 aromatic heterocycles. The zero-order valence-corrected chi connectivity index (χ0v) is 9.13. The molecule has 1 aromatic rings. The van der Waals surface area contributed by atoms with Crippen molar-refractivity contribution >= 4 is 15.9 Å². The van der Waals surface area contributed by atoms with E-state index in [1.807, 2.05) is 0 Å². The molecular weight excluding hydrogens is 224 g/mol. The van der Waals surface area contributed by atoms with Crippen molar-refractivity contribution in [1.82, 2.24) is 0 Å². The summed E-state index contributed by atoms with van der Waals surface area (Å²) in [5.74, 6) is 0.972. The molecule has 0 radical (unpaired) electrons. The second-order valence-corrected chi connectivity index (χ2v) is 5.46. The van der Waals surface area contributed by atoms with Gasteiger partial charge >= 0.3 is 0 Å². The van der Waals surface area contributed by atoms with Gasteiger partial charge in [0.05, 0.1) is 0 Å². The highest BCUT2D eigenvalue weighted by Gasteiger charge is 2.61. The lowest BCUT2D eigenvalue weighted by Crippen LogP contribution is -2.12. The molecule has 2 aliphatic carbocycles. The lowest BCUT2D eigenvalue weighted by molar-refractivity contribution is 0.602. The fraction of sp³-hybridized carbons (Fsp3) is 0.500. The number of halogens is 1. The Bertz CT molecular complexity index is 315. The first-order valence-corrected chi connectivity index (χ1v) is 5.95. The fourth-order valence-corrected chi connectivity index (χ4v) is 3.72. The molecule has 68 valence electrons. The highest BCUT2D eigenvalue weighted by Crippen LogP contribution is 2.65. The van der Waals surface area contributed by atoms with Crippen LogP contribution in [-0.2, 0) is 5.41 Å². The molecule has 0 nitrogen and oxygen atoms in total. The molecule has 0 N–H and O–H groups in total. The van der Waals surface area contributed by atoms with E-state index in [1.165, 1.54) is 19.3 Å². The lowest BCUT2D eigenvalue weighted by Gasteiger charge is -2.15. The minimum absolute atomic E-state index is 0.529. The first-order valence-electron chi connectivity index (χ1n) is 5.03. The van der Waals surface area contributed by atoms with Crippen molar-refractivity contribution in [2.24, 2.45) is 5.92 Å². The zero-order valence-electron chi connectivity index (χ0n) is 7.54. The third-order valence-corrected chi connectivity index (χ3v) is 4.67. The van der Waals surface area contributed by atoms with Crippen LogP contribution in [0.15, 0.2) is 30.3 Å². The van der Waals surface area contributed by atoms with Gasteiger partial charge in [-0.3, -0.25) is 0 Å². The number of hydrogen-bond donors (Lipinski definition) is 0. The van der Waals surface area contributed by atoms with Crippen LogP contribution >= 0.6 is 15.9 Å². The predicted molar refractivity (Wildman–Crippen MR) is 58.2 cm³/mol. The minimum Gasteiger partial charge on any atom is -0.0881 e. The van der Waals surface area contributed by atoms with Crippen LogP contribution in [0.25, 0.3) is 0 Å². The molecule has 2 unspecified atom stereocenters. The fourth-order valence-electron chi connectivity index (χ4n) is 2.54. The van der Waals surface area contributed by atoms with Gasteiger partial charge in [-0.05, 0) is 30.7 Å². The number of alkyl halides is 1. The first-order chi connectivity index (χ1) is 6.34.